The number of nitrogens with one attached hydrogen (secondary N) is 1. The van der Waals surface area contributed by atoms with Crippen LogP contribution in [-0.2, 0) is 19.7 Å². The van der Waals surface area contributed by atoms with E-state index in [-0.39, 0.29) is 18.8 Å². The summed E-state index contributed by atoms with van der Waals surface area (Å²) in [6, 6.07) is 0.763. The average Bonchev–Trinajstić information content (AvgIpc) is 3.06. The van der Waals surface area contributed by atoms with Crippen LogP contribution in [-0.4, -0.2) is 85.7 Å². The number of ether oxygens (including phenoxy) is 2. The van der Waals surface area contributed by atoms with E-state index in [1.165, 1.54) is 21.2 Å². The van der Waals surface area contributed by atoms with Crippen molar-refractivity contribution in [2.45, 2.75) is 69.2 Å². The number of likely N-dealkylation sites (tertiary alicyclic amines) is 1. The van der Waals surface area contributed by atoms with Crippen molar-refractivity contribution in [3.05, 3.63) is 24.3 Å². The molecule has 1 saturated heterocycles. The van der Waals surface area contributed by atoms with Crippen LogP contribution in [0.2, 0.25) is 0 Å². The van der Waals surface area contributed by atoms with E-state index in [1.807, 2.05) is 13.0 Å². The third-order valence-electron chi connectivity index (χ3n) is 6.19. The minimum atomic E-state index is -3.64. The van der Waals surface area contributed by atoms with Crippen LogP contribution in [0.15, 0.2) is 18.5 Å². The molecule has 1 aromatic rings. The second-order valence-corrected chi connectivity index (χ2v) is 10.4. The largest absolute Gasteiger partial charge is 0.453 e. The Balaban J connectivity index is 1.62. The number of aromatic nitrogens is 2. The number of amides is 1. The van der Waals surface area contributed by atoms with Gasteiger partial charge in [0.15, 0.2) is 0 Å². The highest BCUT2D eigenvalue weighted by molar-refractivity contribution is 7.87. The first kappa shape index (κ1) is 23.8. The highest BCUT2D eigenvalue weighted by Gasteiger charge is 2.44. The van der Waals surface area contributed by atoms with Crippen LogP contribution < -0.4 is 4.72 Å². The number of rotatable bonds is 7. The minimum Gasteiger partial charge on any atom is -0.453 e. The number of carbonyl (C=O) groups excluding carboxylic acids is 1. The second-order valence-electron chi connectivity index (χ2n) is 8.46. The number of carbonyl (C=O) groups is 1. The van der Waals surface area contributed by atoms with Crippen LogP contribution in [0.4, 0.5) is 4.79 Å². The van der Waals surface area contributed by atoms with Gasteiger partial charge in [-0.1, -0.05) is 0 Å². The normalized spacial score (nSPS) is 29.3. The Morgan fingerprint density at radius 1 is 1.23 bits per heavy atom. The maximum Gasteiger partial charge on any atom is 0.410 e. The average molecular weight is 456 g/mol. The Kier molecular flexibility index (Phi) is 7.84. The van der Waals surface area contributed by atoms with Gasteiger partial charge < -0.3 is 9.47 Å². The molecule has 0 aromatic carbocycles. The zero-order valence-corrected chi connectivity index (χ0v) is 19.4. The van der Waals surface area contributed by atoms with Gasteiger partial charge in [-0.15, -0.1) is 0 Å². The van der Waals surface area contributed by atoms with Crippen LogP contribution in [0.5, 0.6) is 0 Å². The fraction of sp³-hybridized carbons (Fsp3) is 0.750. The van der Waals surface area contributed by atoms with Crippen LogP contribution in [0.25, 0.3) is 0 Å². The van der Waals surface area contributed by atoms with Gasteiger partial charge in [0, 0.05) is 44.5 Å². The predicted octanol–water partition coefficient (Wildman–Crippen LogP) is 1.51. The van der Waals surface area contributed by atoms with E-state index in [1.54, 1.807) is 17.3 Å². The molecule has 1 aliphatic heterocycles. The van der Waals surface area contributed by atoms with E-state index in [9.17, 15) is 13.2 Å². The summed E-state index contributed by atoms with van der Waals surface area (Å²) in [6.45, 7) is 2.14. The maximum atomic E-state index is 12.4. The molecule has 3 rings (SSSR count). The van der Waals surface area contributed by atoms with Crippen molar-refractivity contribution < 1.29 is 22.7 Å². The molecule has 1 amide bonds. The van der Waals surface area contributed by atoms with Gasteiger partial charge in [-0.3, -0.25) is 4.90 Å². The fourth-order valence-electron chi connectivity index (χ4n) is 4.44. The number of nitrogens with zero attached hydrogens (tertiary/aromatic N) is 4. The maximum absolute atomic E-state index is 12.4. The van der Waals surface area contributed by atoms with Crippen LogP contribution in [0, 0.1) is 0 Å². The first-order chi connectivity index (χ1) is 14.7. The Morgan fingerprint density at radius 2 is 1.87 bits per heavy atom. The summed E-state index contributed by atoms with van der Waals surface area (Å²) in [6.07, 6.45) is 7.23. The molecular formula is C20H33N5O5S. The molecule has 0 bridgehead atoms. The van der Waals surface area contributed by atoms with E-state index in [4.69, 9.17) is 9.47 Å². The summed E-state index contributed by atoms with van der Waals surface area (Å²) < 4.78 is 39.8. The molecule has 0 unspecified atom stereocenters. The molecule has 1 aromatic heterocycles. The van der Waals surface area contributed by atoms with Gasteiger partial charge in [-0.2, -0.15) is 17.4 Å². The number of hydrogen-bond donors (Lipinski definition) is 1. The van der Waals surface area contributed by atoms with Gasteiger partial charge in [0.1, 0.15) is 5.82 Å². The van der Waals surface area contributed by atoms with Crippen molar-refractivity contribution in [1.82, 2.24) is 23.9 Å². The van der Waals surface area contributed by atoms with Crippen molar-refractivity contribution in [2.75, 3.05) is 27.8 Å². The Bertz CT molecular complexity index is 830. The van der Waals surface area contributed by atoms with Gasteiger partial charge in [0.05, 0.1) is 25.9 Å². The third kappa shape index (κ3) is 5.71. The summed E-state index contributed by atoms with van der Waals surface area (Å²) in [5.41, 5.74) is 0. The third-order valence-corrected chi connectivity index (χ3v) is 7.75. The van der Waals surface area contributed by atoms with E-state index in [2.05, 4.69) is 14.7 Å². The molecule has 10 nitrogen and oxygen atoms in total. The van der Waals surface area contributed by atoms with Gasteiger partial charge in [0.25, 0.3) is 10.2 Å². The fourth-order valence-corrected chi connectivity index (χ4v) is 5.29. The summed E-state index contributed by atoms with van der Waals surface area (Å²) >= 11 is 0. The van der Waals surface area contributed by atoms with Crippen molar-refractivity contribution >= 4 is 16.3 Å². The lowest BCUT2D eigenvalue weighted by Crippen LogP contribution is -2.52. The van der Waals surface area contributed by atoms with Crippen LogP contribution in [0.3, 0.4) is 0 Å². The van der Waals surface area contributed by atoms with Crippen molar-refractivity contribution in [3.8, 4) is 0 Å². The monoisotopic (exact) mass is 455 g/mol. The van der Waals surface area contributed by atoms with E-state index in [0.29, 0.717) is 12.3 Å². The van der Waals surface area contributed by atoms with Crippen molar-refractivity contribution in [1.29, 1.82) is 0 Å². The van der Waals surface area contributed by atoms with Crippen LogP contribution in [0.1, 0.15) is 50.8 Å². The highest BCUT2D eigenvalue weighted by Crippen LogP contribution is 2.33. The Hall–Kier alpha value is -1.82. The standard InChI is InChI=1S/C20H33N5O5S/c1-14-12-17(23-31(27,28)24(2)3)18(25(14)20(26)29-4)13-30-16-8-6-15(7-9-16)19-21-10-5-11-22-19/h5,10-11,14-18,23H,6-9,12-13H2,1-4H3/t14-,15?,16?,17+,18+/m1/s1. The highest BCUT2D eigenvalue weighted by atomic mass is 32.2. The molecule has 0 radical (unpaired) electrons. The first-order valence-electron chi connectivity index (χ1n) is 10.7. The summed E-state index contributed by atoms with van der Waals surface area (Å²) in [4.78, 5) is 22.7. The molecule has 2 aliphatic rings. The summed E-state index contributed by atoms with van der Waals surface area (Å²) in [7, 11) is 0.634. The van der Waals surface area contributed by atoms with Gasteiger partial charge in [0.2, 0.25) is 0 Å². The quantitative estimate of drug-likeness (QED) is 0.663. The zero-order chi connectivity index (χ0) is 22.6. The lowest BCUT2D eigenvalue weighted by molar-refractivity contribution is -0.00898. The lowest BCUT2D eigenvalue weighted by Gasteiger charge is -2.33. The number of hydrogen-bond acceptors (Lipinski definition) is 7. The molecule has 0 spiro atoms. The van der Waals surface area contributed by atoms with Gasteiger partial charge in [-0.25, -0.2) is 14.8 Å². The molecule has 3 atom stereocenters. The molecular weight excluding hydrogens is 422 g/mol. The lowest BCUT2D eigenvalue weighted by atomic mass is 9.87. The van der Waals surface area contributed by atoms with Crippen molar-refractivity contribution in [2.24, 2.45) is 0 Å². The SMILES string of the molecule is COC(=O)N1[C@H](C)C[C@H](NS(=O)(=O)N(C)C)[C@@H]1COC1CCC(c2ncccn2)CC1. The van der Waals surface area contributed by atoms with E-state index in [0.717, 1.165) is 35.8 Å². The summed E-state index contributed by atoms with van der Waals surface area (Å²) in [5, 5.41) is 0. The summed E-state index contributed by atoms with van der Waals surface area (Å²) in [5.74, 6) is 1.21. The van der Waals surface area contributed by atoms with Crippen LogP contribution >= 0.6 is 0 Å². The van der Waals surface area contributed by atoms with Gasteiger partial charge >= 0.3 is 6.09 Å². The smallest absolute Gasteiger partial charge is 0.410 e. The van der Waals surface area contributed by atoms with Gasteiger partial charge in [-0.05, 0) is 45.1 Å². The predicted molar refractivity (Wildman–Crippen MR) is 115 cm³/mol. The molecule has 2 heterocycles. The minimum absolute atomic E-state index is 0.0569. The molecule has 1 aliphatic carbocycles. The molecule has 11 heteroatoms. The van der Waals surface area contributed by atoms with E-state index < -0.39 is 28.4 Å². The molecule has 2 fully saturated rings. The first-order valence-corrected chi connectivity index (χ1v) is 12.1. The van der Waals surface area contributed by atoms with Crippen molar-refractivity contribution in [3.63, 3.8) is 0 Å². The molecule has 174 valence electrons. The Labute approximate surface area is 184 Å². The topological polar surface area (TPSA) is 114 Å². The molecule has 1 N–H and O–H groups in total. The Morgan fingerprint density at radius 3 is 2.45 bits per heavy atom. The molecule has 31 heavy (non-hydrogen) atoms. The number of methoxy groups -OCH3 is 1. The molecule has 1 saturated carbocycles. The zero-order valence-electron chi connectivity index (χ0n) is 18.6. The second kappa shape index (κ2) is 10.2. The van der Waals surface area contributed by atoms with E-state index >= 15 is 0 Å².